The van der Waals surface area contributed by atoms with E-state index >= 15 is 0 Å². The van der Waals surface area contributed by atoms with Crippen LogP contribution in [0.3, 0.4) is 0 Å². The van der Waals surface area contributed by atoms with E-state index in [2.05, 4.69) is 12.2 Å². The zero-order valence-electron chi connectivity index (χ0n) is 19.5. The molecule has 1 saturated heterocycles. The summed E-state index contributed by atoms with van der Waals surface area (Å²) in [7, 11) is 1.63. The number of ether oxygens (including phenoxy) is 1. The van der Waals surface area contributed by atoms with Crippen LogP contribution in [-0.2, 0) is 11.3 Å². The SMILES string of the molecule is COc1cccc2c1CN(C(=O)c1ccc(Cl)s1)CC(=O)N2CCC1CC[N+]2(CC=CC2)CC1. The average Bonchev–Trinajstić information content (AvgIpc) is 3.46. The second-order valence-corrected chi connectivity index (χ2v) is 11.3. The van der Waals surface area contributed by atoms with Crippen molar-refractivity contribution >= 4 is 40.4 Å². The van der Waals surface area contributed by atoms with E-state index in [0.29, 0.717) is 34.0 Å². The number of fused-ring (bicyclic) bond motifs is 1. The van der Waals surface area contributed by atoms with E-state index in [0.717, 1.165) is 17.7 Å². The summed E-state index contributed by atoms with van der Waals surface area (Å²) in [5.41, 5.74) is 1.73. The Labute approximate surface area is 209 Å². The van der Waals surface area contributed by atoms with Gasteiger partial charge in [0.2, 0.25) is 5.91 Å². The van der Waals surface area contributed by atoms with Crippen LogP contribution in [0, 0.1) is 5.92 Å². The van der Waals surface area contributed by atoms with Gasteiger partial charge in [0.1, 0.15) is 12.3 Å². The Morgan fingerprint density at radius 3 is 2.59 bits per heavy atom. The Kier molecular flexibility index (Phi) is 6.69. The summed E-state index contributed by atoms with van der Waals surface area (Å²) in [6.45, 7) is 5.82. The number of halogens is 1. The number of carbonyl (C=O) groups excluding carboxylic acids is 2. The van der Waals surface area contributed by atoms with Crippen LogP contribution >= 0.6 is 22.9 Å². The maximum Gasteiger partial charge on any atom is 0.264 e. The van der Waals surface area contributed by atoms with Crippen LogP contribution in [0.25, 0.3) is 0 Å². The van der Waals surface area contributed by atoms with Crippen molar-refractivity contribution in [2.24, 2.45) is 5.92 Å². The molecule has 0 unspecified atom stereocenters. The number of amides is 2. The van der Waals surface area contributed by atoms with Crippen molar-refractivity contribution in [3.63, 3.8) is 0 Å². The van der Waals surface area contributed by atoms with E-state index < -0.39 is 0 Å². The standard InChI is InChI=1S/C26H31ClN3O3S/c1-33-22-6-4-5-21-20(22)17-28(26(32)23-7-8-24(27)34-23)18-25(31)29(21)12-9-19-10-15-30(16-11-19)13-2-3-14-30/h2-8,19H,9-18H2,1H3/q+1. The topological polar surface area (TPSA) is 49.9 Å². The molecule has 0 radical (unpaired) electrons. The van der Waals surface area contributed by atoms with Crippen LogP contribution in [0.1, 0.15) is 34.5 Å². The highest BCUT2D eigenvalue weighted by molar-refractivity contribution is 7.17. The van der Waals surface area contributed by atoms with Gasteiger partial charge in [-0.15, -0.1) is 11.3 Å². The third-order valence-corrected chi connectivity index (χ3v) is 8.82. The van der Waals surface area contributed by atoms with Gasteiger partial charge in [-0.2, -0.15) is 0 Å². The van der Waals surface area contributed by atoms with Crippen molar-refractivity contribution in [3.8, 4) is 5.75 Å². The molecule has 0 saturated carbocycles. The summed E-state index contributed by atoms with van der Waals surface area (Å²) in [6.07, 6.45) is 8.02. The minimum absolute atomic E-state index is 0.0442. The van der Waals surface area contributed by atoms with E-state index in [9.17, 15) is 9.59 Å². The third-order valence-electron chi connectivity index (χ3n) is 7.60. The minimum Gasteiger partial charge on any atom is -0.496 e. The zero-order chi connectivity index (χ0) is 23.7. The average molecular weight is 501 g/mol. The van der Waals surface area contributed by atoms with Crippen molar-refractivity contribution in [2.75, 3.05) is 51.3 Å². The lowest BCUT2D eigenvalue weighted by molar-refractivity contribution is -0.918. The zero-order valence-corrected chi connectivity index (χ0v) is 21.1. The lowest BCUT2D eigenvalue weighted by Crippen LogP contribution is -2.51. The van der Waals surface area contributed by atoms with Crippen molar-refractivity contribution in [2.45, 2.75) is 25.8 Å². The first kappa shape index (κ1) is 23.4. The summed E-state index contributed by atoms with van der Waals surface area (Å²) in [4.78, 5) is 30.7. The summed E-state index contributed by atoms with van der Waals surface area (Å²) in [5, 5.41) is 0. The Hall–Kier alpha value is -2.35. The molecule has 34 heavy (non-hydrogen) atoms. The quantitative estimate of drug-likeness (QED) is 0.446. The monoisotopic (exact) mass is 500 g/mol. The molecule has 0 bridgehead atoms. The number of methoxy groups -OCH3 is 1. The molecule has 1 spiro atoms. The third kappa shape index (κ3) is 4.61. The first-order valence-electron chi connectivity index (χ1n) is 12.0. The Morgan fingerprint density at radius 2 is 1.91 bits per heavy atom. The molecule has 0 atom stereocenters. The van der Waals surface area contributed by atoms with Gasteiger partial charge < -0.3 is 19.0 Å². The Balaban J connectivity index is 1.34. The fourth-order valence-corrected chi connectivity index (χ4v) is 6.58. The maximum absolute atomic E-state index is 13.5. The van der Waals surface area contributed by atoms with Crippen molar-refractivity contribution in [3.05, 3.63) is 57.3 Å². The lowest BCUT2D eigenvalue weighted by atomic mass is 9.91. The van der Waals surface area contributed by atoms with Gasteiger partial charge >= 0.3 is 0 Å². The number of quaternary nitrogens is 1. The minimum atomic E-state index is -0.176. The number of hydrogen-bond acceptors (Lipinski definition) is 4. The highest BCUT2D eigenvalue weighted by Crippen LogP contribution is 2.35. The highest BCUT2D eigenvalue weighted by Gasteiger charge is 2.36. The molecular weight excluding hydrogens is 470 g/mol. The van der Waals surface area contributed by atoms with Crippen LogP contribution in [-0.4, -0.2) is 67.6 Å². The normalized spacial score (nSPS) is 20.0. The summed E-state index contributed by atoms with van der Waals surface area (Å²) < 4.78 is 7.41. The van der Waals surface area contributed by atoms with E-state index in [1.165, 1.54) is 54.8 Å². The van der Waals surface area contributed by atoms with E-state index in [-0.39, 0.29) is 18.4 Å². The van der Waals surface area contributed by atoms with Crippen LogP contribution < -0.4 is 9.64 Å². The fourth-order valence-electron chi connectivity index (χ4n) is 5.57. The molecule has 2 aromatic rings. The number of benzene rings is 1. The molecule has 1 fully saturated rings. The molecule has 5 rings (SSSR count). The van der Waals surface area contributed by atoms with Gasteiger partial charge in [-0.1, -0.05) is 17.7 Å². The number of hydrogen-bond donors (Lipinski definition) is 0. The number of rotatable bonds is 5. The van der Waals surface area contributed by atoms with Gasteiger partial charge in [0.15, 0.2) is 0 Å². The highest BCUT2D eigenvalue weighted by atomic mass is 35.5. The molecule has 0 N–H and O–H groups in total. The van der Waals surface area contributed by atoms with Gasteiger partial charge in [0, 0.05) is 12.1 Å². The predicted octanol–water partition coefficient (Wildman–Crippen LogP) is 4.59. The number of piperidine rings is 1. The lowest BCUT2D eigenvalue weighted by Gasteiger charge is -2.41. The van der Waals surface area contributed by atoms with Crippen LogP contribution in [0.2, 0.25) is 4.34 Å². The number of thiophene rings is 1. The summed E-state index contributed by atoms with van der Waals surface area (Å²) in [6, 6.07) is 9.23. The van der Waals surface area contributed by atoms with Gasteiger partial charge in [0.05, 0.1) is 54.7 Å². The fraction of sp³-hybridized carbons (Fsp3) is 0.462. The van der Waals surface area contributed by atoms with E-state index in [1.807, 2.05) is 23.1 Å². The first-order chi connectivity index (χ1) is 16.5. The van der Waals surface area contributed by atoms with Gasteiger partial charge in [-0.05, 0) is 61.6 Å². The van der Waals surface area contributed by atoms with Crippen molar-refractivity contribution in [1.82, 2.24) is 4.90 Å². The number of anilines is 1. The van der Waals surface area contributed by atoms with E-state index in [4.69, 9.17) is 16.3 Å². The number of nitrogens with zero attached hydrogens (tertiary/aromatic N) is 3. The second kappa shape index (κ2) is 9.72. The molecule has 2 amide bonds. The smallest absolute Gasteiger partial charge is 0.264 e. The molecule has 6 nitrogen and oxygen atoms in total. The van der Waals surface area contributed by atoms with Crippen LogP contribution in [0.15, 0.2) is 42.5 Å². The summed E-state index contributed by atoms with van der Waals surface area (Å²) >= 11 is 7.30. The van der Waals surface area contributed by atoms with Gasteiger partial charge in [0.25, 0.3) is 5.91 Å². The first-order valence-corrected chi connectivity index (χ1v) is 13.2. The van der Waals surface area contributed by atoms with Crippen molar-refractivity contribution < 1.29 is 18.8 Å². The molecule has 4 heterocycles. The Morgan fingerprint density at radius 1 is 1.15 bits per heavy atom. The van der Waals surface area contributed by atoms with Crippen molar-refractivity contribution in [1.29, 1.82) is 0 Å². The molecule has 8 heteroatoms. The largest absolute Gasteiger partial charge is 0.496 e. The summed E-state index contributed by atoms with van der Waals surface area (Å²) in [5.74, 6) is 1.10. The van der Waals surface area contributed by atoms with Crippen LogP contribution in [0.4, 0.5) is 5.69 Å². The Bertz CT molecular complexity index is 1100. The van der Waals surface area contributed by atoms with Gasteiger partial charge in [-0.25, -0.2) is 0 Å². The molecule has 0 aliphatic carbocycles. The molecule has 180 valence electrons. The van der Waals surface area contributed by atoms with Gasteiger partial charge in [-0.3, -0.25) is 9.59 Å². The van der Waals surface area contributed by atoms with E-state index in [1.54, 1.807) is 24.1 Å². The molecule has 3 aliphatic heterocycles. The second-order valence-electron chi connectivity index (χ2n) is 9.63. The van der Waals surface area contributed by atoms with Crippen LogP contribution in [0.5, 0.6) is 5.75 Å². The predicted molar refractivity (Wildman–Crippen MR) is 136 cm³/mol. The maximum atomic E-state index is 13.5. The molecule has 3 aliphatic rings. The number of carbonyl (C=O) groups is 2. The molecule has 1 aromatic carbocycles. The molecular formula is C26H31ClN3O3S+. The molecule has 1 aromatic heterocycles.